The van der Waals surface area contributed by atoms with Crippen LogP contribution < -0.4 is 54.4 Å². The van der Waals surface area contributed by atoms with Gasteiger partial charge in [-0.2, -0.15) is 11.8 Å². The third-order valence-corrected chi connectivity index (χ3v) is 12.5. The Kier molecular flexibility index (Phi) is 22.5. The van der Waals surface area contributed by atoms with Gasteiger partial charge in [-0.25, -0.2) is 0 Å². The predicted molar refractivity (Wildman–Crippen MR) is 248 cm³/mol. The lowest BCUT2D eigenvalue weighted by molar-refractivity contribution is -0.142. The van der Waals surface area contributed by atoms with E-state index < -0.39 is 133 Å². The van der Waals surface area contributed by atoms with E-state index in [2.05, 4.69) is 37.2 Å². The summed E-state index contributed by atoms with van der Waals surface area (Å²) in [5.41, 5.74) is 16.7. The molecule has 2 aliphatic rings. The normalized spacial score (nSPS) is 23.4. The van der Waals surface area contributed by atoms with Crippen LogP contribution in [0.2, 0.25) is 0 Å². The van der Waals surface area contributed by atoms with E-state index in [1.54, 1.807) is 26.0 Å². The molecule has 68 heavy (non-hydrogen) atoms. The predicted octanol–water partition coefficient (Wildman–Crippen LogP) is -2.80. The Hall–Kier alpha value is -6.46. The first-order valence-electron chi connectivity index (χ1n) is 22.7. The molecule has 376 valence electrons. The summed E-state index contributed by atoms with van der Waals surface area (Å²) in [6.45, 7) is 6.70. The van der Waals surface area contributed by atoms with Gasteiger partial charge in [-0.05, 0) is 67.4 Å². The lowest BCUT2D eigenvalue weighted by Crippen LogP contribution is -2.61. The highest BCUT2D eigenvalue weighted by Crippen LogP contribution is 2.22. The number of phenolic OH excluding ortho intramolecular Hbond substituents is 1. The van der Waals surface area contributed by atoms with Crippen LogP contribution in [-0.4, -0.2) is 142 Å². The molecule has 24 heteroatoms. The Balaban J connectivity index is 2.02. The molecule has 11 amide bonds. The fourth-order valence-corrected chi connectivity index (χ4v) is 8.53. The summed E-state index contributed by atoms with van der Waals surface area (Å²) in [6.07, 6.45) is -0.330. The van der Waals surface area contributed by atoms with E-state index in [0.717, 1.165) is 0 Å². The Morgan fingerprint density at radius 2 is 1.46 bits per heavy atom. The summed E-state index contributed by atoms with van der Waals surface area (Å²) >= 11 is 1.17. The van der Waals surface area contributed by atoms with E-state index in [9.17, 15) is 57.8 Å². The average Bonchev–Trinajstić information content (AvgIpc) is 3.77. The summed E-state index contributed by atoms with van der Waals surface area (Å²) in [4.78, 5) is 148. The fourth-order valence-electron chi connectivity index (χ4n) is 7.55. The second-order valence-corrected chi connectivity index (χ2v) is 18.6. The SMILES string of the molecule is CC[C@H](C)[C@@H]1NC(=O)[C@H](Cc2ccc(O)cc2)NC(=O)CCCSC[C@@H](C(=O)N2CCC[C@H]2C(=O)N[C@@H](CC(C)C)C(=O)NCC(N)=O)NC(=O)[C@H](CC(N)=O)NC(=O)C(CCC(N)=O)NC1=O. The Morgan fingerprint density at radius 1 is 0.809 bits per heavy atom. The Morgan fingerprint density at radius 3 is 2.07 bits per heavy atom. The number of benzene rings is 1. The number of primary amides is 3. The molecule has 1 aromatic carbocycles. The van der Waals surface area contributed by atoms with Crippen molar-refractivity contribution in [3.8, 4) is 5.75 Å². The summed E-state index contributed by atoms with van der Waals surface area (Å²) in [5, 5.41) is 27.9. The van der Waals surface area contributed by atoms with Crippen molar-refractivity contribution in [2.45, 2.75) is 134 Å². The number of phenols is 1. The first-order valence-corrected chi connectivity index (χ1v) is 23.8. The molecule has 0 bridgehead atoms. The number of hydrogen-bond acceptors (Lipinski definition) is 13. The molecular weight excluding hydrogens is 907 g/mol. The maximum Gasteiger partial charge on any atom is 0.246 e. The Labute approximate surface area is 399 Å². The highest BCUT2D eigenvalue weighted by molar-refractivity contribution is 7.99. The minimum Gasteiger partial charge on any atom is -0.508 e. The fraction of sp³-hybridized carbons (Fsp3) is 0.614. The number of amides is 11. The number of likely N-dealkylation sites (tertiary alicyclic amines) is 1. The summed E-state index contributed by atoms with van der Waals surface area (Å²) in [6, 6.07) is -3.37. The van der Waals surface area contributed by atoms with Crippen LogP contribution in [0.4, 0.5) is 0 Å². The molecule has 0 aliphatic carbocycles. The third-order valence-electron chi connectivity index (χ3n) is 11.4. The molecule has 23 nitrogen and oxygen atoms in total. The van der Waals surface area contributed by atoms with Gasteiger partial charge in [0.15, 0.2) is 0 Å². The first kappa shape index (κ1) is 55.9. The molecule has 0 radical (unpaired) electrons. The van der Waals surface area contributed by atoms with Crippen LogP contribution >= 0.6 is 11.8 Å². The molecule has 8 atom stereocenters. The van der Waals surface area contributed by atoms with E-state index in [4.69, 9.17) is 17.2 Å². The van der Waals surface area contributed by atoms with Crippen molar-refractivity contribution < 1.29 is 57.8 Å². The third kappa shape index (κ3) is 18.3. The molecule has 2 aliphatic heterocycles. The number of aromatic hydroxyl groups is 1. The minimum atomic E-state index is -1.72. The maximum atomic E-state index is 14.5. The number of thioether (sulfide) groups is 1. The van der Waals surface area contributed by atoms with Gasteiger partial charge >= 0.3 is 0 Å². The monoisotopic (exact) mass is 973 g/mol. The topological polar surface area (TPSA) is 374 Å². The van der Waals surface area contributed by atoms with Gasteiger partial charge in [-0.1, -0.05) is 46.2 Å². The first-order chi connectivity index (χ1) is 32.1. The van der Waals surface area contributed by atoms with Gasteiger partial charge in [0.25, 0.3) is 0 Å². The standard InChI is InChI=1S/C44H67N11O12S/c1-5-24(4)37-43(66)50-27(14-15-33(45)57)39(62)51-30(20-34(46)58)40(63)53-31(22-68-17-7-9-36(60)49-29(41(64)54-37)19-25-10-12-26(56)13-11-25)44(67)55-16-6-8-32(55)42(65)52-28(18-23(2)3)38(61)48-21-35(47)59/h10-13,23-24,27-32,37,56H,5-9,14-22H2,1-4H3,(H2,45,57)(H2,46,58)(H2,47,59)(H,48,61)(H,49,60)(H,50,66)(H,51,62)(H,52,65)(H,53,63)(H,54,64)/t24-,27?,28-,29-,30-,31-,32-,37-/m0/s1. The van der Waals surface area contributed by atoms with Crippen molar-refractivity contribution in [2.75, 3.05) is 24.6 Å². The van der Waals surface area contributed by atoms with Crippen molar-refractivity contribution in [1.82, 2.24) is 42.1 Å². The van der Waals surface area contributed by atoms with Crippen LogP contribution in [0.25, 0.3) is 0 Å². The molecule has 2 saturated heterocycles. The van der Waals surface area contributed by atoms with Crippen molar-refractivity contribution >= 4 is 76.7 Å². The van der Waals surface area contributed by atoms with Gasteiger partial charge in [0.2, 0.25) is 65.0 Å². The molecule has 0 aromatic heterocycles. The molecule has 2 fully saturated rings. The average molecular weight is 974 g/mol. The van der Waals surface area contributed by atoms with Gasteiger partial charge in [-0.3, -0.25) is 52.7 Å². The van der Waals surface area contributed by atoms with E-state index in [-0.39, 0.29) is 68.2 Å². The molecule has 1 unspecified atom stereocenters. The largest absolute Gasteiger partial charge is 0.508 e. The molecular formula is C44H67N11O12S. The maximum absolute atomic E-state index is 14.5. The van der Waals surface area contributed by atoms with Crippen LogP contribution in [0.5, 0.6) is 5.75 Å². The number of nitrogens with one attached hydrogen (secondary N) is 7. The van der Waals surface area contributed by atoms with Crippen LogP contribution in [-0.2, 0) is 59.2 Å². The van der Waals surface area contributed by atoms with Crippen molar-refractivity contribution in [1.29, 1.82) is 0 Å². The zero-order chi connectivity index (χ0) is 50.7. The lowest BCUT2D eigenvalue weighted by atomic mass is 9.96. The van der Waals surface area contributed by atoms with Gasteiger partial charge in [0, 0.05) is 31.6 Å². The quantitative estimate of drug-likeness (QED) is 0.0753. The van der Waals surface area contributed by atoms with E-state index in [0.29, 0.717) is 18.4 Å². The van der Waals surface area contributed by atoms with E-state index >= 15 is 0 Å². The van der Waals surface area contributed by atoms with E-state index in [1.807, 2.05) is 13.8 Å². The summed E-state index contributed by atoms with van der Waals surface area (Å²) in [5.74, 6) is -9.37. The smallest absolute Gasteiger partial charge is 0.246 e. The number of nitrogens with zero attached hydrogens (tertiary/aromatic N) is 1. The number of carbonyl (C=O) groups is 11. The highest BCUT2D eigenvalue weighted by Gasteiger charge is 2.40. The molecule has 1 aromatic rings. The molecule has 3 rings (SSSR count). The van der Waals surface area contributed by atoms with E-state index in [1.165, 1.54) is 28.8 Å². The van der Waals surface area contributed by atoms with Gasteiger partial charge < -0.3 is 64.4 Å². The summed E-state index contributed by atoms with van der Waals surface area (Å²) in [7, 11) is 0. The van der Waals surface area contributed by atoms with Crippen LogP contribution in [0.1, 0.15) is 91.0 Å². The van der Waals surface area contributed by atoms with Gasteiger partial charge in [0.1, 0.15) is 48.0 Å². The van der Waals surface area contributed by atoms with Crippen LogP contribution in [0.15, 0.2) is 24.3 Å². The molecule has 2 heterocycles. The second kappa shape index (κ2) is 27.4. The van der Waals surface area contributed by atoms with Crippen molar-refractivity contribution in [3.63, 3.8) is 0 Å². The molecule has 0 saturated carbocycles. The highest BCUT2D eigenvalue weighted by atomic mass is 32.2. The van der Waals surface area contributed by atoms with Crippen LogP contribution in [0.3, 0.4) is 0 Å². The lowest BCUT2D eigenvalue weighted by Gasteiger charge is -2.31. The zero-order valence-electron chi connectivity index (χ0n) is 38.9. The van der Waals surface area contributed by atoms with Gasteiger partial charge in [-0.15, -0.1) is 0 Å². The van der Waals surface area contributed by atoms with Crippen molar-refractivity contribution in [3.05, 3.63) is 29.8 Å². The zero-order valence-corrected chi connectivity index (χ0v) is 39.7. The number of carbonyl (C=O) groups excluding carboxylic acids is 11. The molecule has 0 spiro atoms. The second-order valence-electron chi connectivity index (χ2n) is 17.5. The Bertz CT molecular complexity index is 2010. The van der Waals surface area contributed by atoms with Gasteiger partial charge in [0.05, 0.1) is 13.0 Å². The number of nitrogens with two attached hydrogens (primary N) is 3. The van der Waals surface area contributed by atoms with Crippen molar-refractivity contribution in [2.24, 2.45) is 29.0 Å². The van der Waals surface area contributed by atoms with Crippen LogP contribution in [0, 0.1) is 11.8 Å². The number of hydrogen-bond donors (Lipinski definition) is 11. The summed E-state index contributed by atoms with van der Waals surface area (Å²) < 4.78 is 0. The number of rotatable bonds is 17. The molecule has 14 N–H and O–H groups in total. The minimum absolute atomic E-state index is 0.0227.